The third-order valence-corrected chi connectivity index (χ3v) is 4.23. The highest BCUT2D eigenvalue weighted by Gasteiger charge is 2.04. The average molecular weight is 343 g/mol. The molecule has 0 saturated carbocycles. The van der Waals surface area contributed by atoms with Crippen molar-refractivity contribution >= 4 is 27.3 Å². The van der Waals surface area contributed by atoms with Gasteiger partial charge >= 0.3 is 0 Å². The van der Waals surface area contributed by atoms with E-state index in [1.807, 2.05) is 24.0 Å². The third-order valence-electron chi connectivity index (χ3n) is 2.79. The van der Waals surface area contributed by atoms with E-state index in [4.69, 9.17) is 0 Å². The van der Waals surface area contributed by atoms with Crippen molar-refractivity contribution in [2.75, 3.05) is 6.54 Å². The van der Waals surface area contributed by atoms with E-state index < -0.39 is 0 Å². The summed E-state index contributed by atoms with van der Waals surface area (Å²) in [5.41, 5.74) is 1.13. The molecule has 0 saturated heterocycles. The molecular formula is C13H19BrN4S. The van der Waals surface area contributed by atoms with Crippen LogP contribution in [-0.4, -0.2) is 27.4 Å². The number of halogens is 1. The van der Waals surface area contributed by atoms with Crippen LogP contribution in [0.1, 0.15) is 24.0 Å². The molecule has 0 bridgehead atoms. The fourth-order valence-electron chi connectivity index (χ4n) is 1.89. The van der Waals surface area contributed by atoms with Crippen molar-refractivity contribution in [2.45, 2.75) is 39.3 Å². The van der Waals surface area contributed by atoms with E-state index >= 15 is 0 Å². The molecule has 2 aromatic heterocycles. The Morgan fingerprint density at radius 2 is 2.37 bits per heavy atom. The van der Waals surface area contributed by atoms with Gasteiger partial charge < -0.3 is 5.32 Å². The average Bonchev–Trinajstić information content (AvgIpc) is 2.94. The van der Waals surface area contributed by atoms with E-state index in [1.165, 1.54) is 5.01 Å². The highest BCUT2D eigenvalue weighted by Crippen LogP contribution is 2.10. The number of aromatic nitrogens is 3. The van der Waals surface area contributed by atoms with Crippen LogP contribution < -0.4 is 5.32 Å². The Bertz CT molecular complexity index is 508. The first kappa shape index (κ1) is 14.7. The highest BCUT2D eigenvalue weighted by atomic mass is 79.9. The standard InChI is InChI=1S/C13H19BrN4S/c1-10(7-18-8-12(14)6-16-18)15-5-3-4-13-17-11(2)9-19-13/h6,8-10,15H,3-5,7H2,1-2H3. The second-order valence-electron chi connectivity index (χ2n) is 4.72. The molecule has 0 aromatic carbocycles. The first-order chi connectivity index (χ1) is 9.13. The van der Waals surface area contributed by atoms with Gasteiger partial charge in [0.1, 0.15) is 0 Å². The summed E-state index contributed by atoms with van der Waals surface area (Å²) in [7, 11) is 0. The lowest BCUT2D eigenvalue weighted by Crippen LogP contribution is -2.31. The van der Waals surface area contributed by atoms with Gasteiger partial charge in [0, 0.05) is 29.7 Å². The monoisotopic (exact) mass is 342 g/mol. The summed E-state index contributed by atoms with van der Waals surface area (Å²) in [5.74, 6) is 0. The van der Waals surface area contributed by atoms with Crippen LogP contribution in [0.5, 0.6) is 0 Å². The summed E-state index contributed by atoms with van der Waals surface area (Å²) < 4.78 is 2.98. The molecule has 2 aromatic rings. The molecule has 4 nitrogen and oxygen atoms in total. The van der Waals surface area contributed by atoms with Gasteiger partial charge in [-0.25, -0.2) is 4.98 Å². The van der Waals surface area contributed by atoms with Gasteiger partial charge in [-0.15, -0.1) is 11.3 Å². The lowest BCUT2D eigenvalue weighted by atomic mass is 10.3. The van der Waals surface area contributed by atoms with Gasteiger partial charge in [-0.2, -0.15) is 5.10 Å². The van der Waals surface area contributed by atoms with E-state index in [9.17, 15) is 0 Å². The zero-order valence-electron chi connectivity index (χ0n) is 11.3. The maximum atomic E-state index is 4.47. The van der Waals surface area contributed by atoms with Gasteiger partial charge in [-0.1, -0.05) is 0 Å². The number of aryl methyl sites for hydroxylation is 2. The first-order valence-electron chi connectivity index (χ1n) is 6.46. The van der Waals surface area contributed by atoms with Crippen LogP contribution in [0.15, 0.2) is 22.2 Å². The summed E-state index contributed by atoms with van der Waals surface area (Å²) in [5, 5.41) is 11.1. The van der Waals surface area contributed by atoms with Gasteiger partial charge in [0.15, 0.2) is 0 Å². The van der Waals surface area contributed by atoms with Gasteiger partial charge in [0.2, 0.25) is 0 Å². The smallest absolute Gasteiger partial charge is 0.0928 e. The number of nitrogens with one attached hydrogen (secondary N) is 1. The van der Waals surface area contributed by atoms with Crippen molar-refractivity contribution in [3.63, 3.8) is 0 Å². The molecule has 0 fully saturated rings. The van der Waals surface area contributed by atoms with Crippen molar-refractivity contribution in [1.29, 1.82) is 0 Å². The van der Waals surface area contributed by atoms with Crippen molar-refractivity contribution in [2.24, 2.45) is 0 Å². The lowest BCUT2D eigenvalue weighted by Gasteiger charge is -2.13. The largest absolute Gasteiger partial charge is 0.312 e. The van der Waals surface area contributed by atoms with Crippen LogP contribution in [0.3, 0.4) is 0 Å². The molecule has 1 N–H and O–H groups in total. The zero-order chi connectivity index (χ0) is 13.7. The minimum atomic E-state index is 0.421. The normalized spacial score (nSPS) is 12.8. The van der Waals surface area contributed by atoms with Gasteiger partial charge in [-0.05, 0) is 42.7 Å². The molecule has 0 aliphatic carbocycles. The van der Waals surface area contributed by atoms with E-state index in [0.29, 0.717) is 6.04 Å². The molecule has 104 valence electrons. The molecule has 6 heteroatoms. The van der Waals surface area contributed by atoms with E-state index in [0.717, 1.165) is 36.1 Å². The number of hydrogen-bond donors (Lipinski definition) is 1. The van der Waals surface area contributed by atoms with Crippen LogP contribution in [0.4, 0.5) is 0 Å². The number of rotatable bonds is 7. The Kier molecular flexibility index (Phi) is 5.54. The second kappa shape index (κ2) is 7.17. The molecule has 1 atom stereocenters. The minimum absolute atomic E-state index is 0.421. The Hall–Kier alpha value is -0.720. The number of hydrogen-bond acceptors (Lipinski definition) is 4. The van der Waals surface area contributed by atoms with E-state index in [2.05, 4.69) is 43.6 Å². The summed E-state index contributed by atoms with van der Waals surface area (Å²) in [4.78, 5) is 4.47. The second-order valence-corrected chi connectivity index (χ2v) is 6.58. The SMILES string of the molecule is Cc1csc(CCCNC(C)Cn2cc(Br)cn2)n1. The molecule has 0 aliphatic heterocycles. The molecule has 0 spiro atoms. The van der Waals surface area contributed by atoms with Gasteiger partial charge in [-0.3, -0.25) is 4.68 Å². The van der Waals surface area contributed by atoms with Crippen LogP contribution in [-0.2, 0) is 13.0 Å². The molecule has 2 rings (SSSR count). The predicted octanol–water partition coefficient (Wildman–Crippen LogP) is 3.02. The quantitative estimate of drug-likeness (QED) is 0.786. The number of nitrogens with zero attached hydrogens (tertiary/aromatic N) is 3. The summed E-state index contributed by atoms with van der Waals surface area (Å²) in [6.07, 6.45) is 6.00. The van der Waals surface area contributed by atoms with Crippen LogP contribution in [0, 0.1) is 6.92 Å². The van der Waals surface area contributed by atoms with Gasteiger partial charge in [0.25, 0.3) is 0 Å². The van der Waals surface area contributed by atoms with E-state index in [-0.39, 0.29) is 0 Å². The fourth-order valence-corrected chi connectivity index (χ4v) is 3.04. The van der Waals surface area contributed by atoms with Crippen molar-refractivity contribution in [3.05, 3.63) is 32.9 Å². The fraction of sp³-hybridized carbons (Fsp3) is 0.538. The first-order valence-corrected chi connectivity index (χ1v) is 8.13. The highest BCUT2D eigenvalue weighted by molar-refractivity contribution is 9.10. The summed E-state index contributed by atoms with van der Waals surface area (Å²) >= 11 is 5.16. The Morgan fingerprint density at radius 1 is 1.53 bits per heavy atom. The van der Waals surface area contributed by atoms with Crippen LogP contribution in [0.25, 0.3) is 0 Å². The molecule has 0 aliphatic rings. The summed E-state index contributed by atoms with van der Waals surface area (Å²) in [6, 6.07) is 0.421. The molecular weight excluding hydrogens is 324 g/mol. The number of thiazole rings is 1. The Balaban J connectivity index is 1.62. The van der Waals surface area contributed by atoms with Crippen molar-refractivity contribution < 1.29 is 0 Å². The molecule has 2 heterocycles. The van der Waals surface area contributed by atoms with Gasteiger partial charge in [0.05, 0.1) is 22.2 Å². The van der Waals surface area contributed by atoms with Crippen LogP contribution >= 0.6 is 27.3 Å². The molecule has 0 amide bonds. The Labute approximate surface area is 126 Å². The molecule has 0 radical (unpaired) electrons. The maximum Gasteiger partial charge on any atom is 0.0928 e. The Morgan fingerprint density at radius 3 is 3.00 bits per heavy atom. The zero-order valence-corrected chi connectivity index (χ0v) is 13.7. The molecule has 19 heavy (non-hydrogen) atoms. The predicted molar refractivity (Wildman–Crippen MR) is 82.6 cm³/mol. The topological polar surface area (TPSA) is 42.7 Å². The lowest BCUT2D eigenvalue weighted by molar-refractivity contribution is 0.448. The maximum absolute atomic E-state index is 4.47. The minimum Gasteiger partial charge on any atom is -0.312 e. The van der Waals surface area contributed by atoms with Crippen molar-refractivity contribution in [3.8, 4) is 0 Å². The van der Waals surface area contributed by atoms with Crippen LogP contribution in [0.2, 0.25) is 0 Å². The third kappa shape index (κ3) is 5.04. The molecule has 1 unspecified atom stereocenters. The summed E-state index contributed by atoms with van der Waals surface area (Å²) in [6.45, 7) is 6.13. The van der Waals surface area contributed by atoms with Crippen molar-refractivity contribution in [1.82, 2.24) is 20.1 Å². The van der Waals surface area contributed by atoms with E-state index in [1.54, 1.807) is 11.3 Å².